The Labute approximate surface area is 440 Å². The Hall–Kier alpha value is -3.15. The van der Waals surface area contributed by atoms with Crippen molar-refractivity contribution < 1.29 is 28.6 Å². The van der Waals surface area contributed by atoms with Crippen LogP contribution in [0.3, 0.4) is 0 Å². The van der Waals surface area contributed by atoms with E-state index in [1.165, 1.54) is 193 Å². The molecule has 410 valence electrons. The van der Waals surface area contributed by atoms with Gasteiger partial charge in [-0.05, 0) is 109 Å². The van der Waals surface area contributed by atoms with Crippen molar-refractivity contribution in [1.29, 1.82) is 0 Å². The lowest BCUT2D eigenvalue weighted by molar-refractivity contribution is -0.167. The summed E-state index contributed by atoms with van der Waals surface area (Å²) in [5.74, 6) is -0.946. The quantitative estimate of drug-likeness (QED) is 0.0261. The predicted octanol–water partition coefficient (Wildman–Crippen LogP) is 20.5. The van der Waals surface area contributed by atoms with Gasteiger partial charge < -0.3 is 14.2 Å². The number of unbranched alkanes of at least 4 members (excludes halogenated alkanes) is 32. The number of ether oxygens (including phenoxy) is 3. The molecule has 0 bridgehead atoms. The molecule has 0 amide bonds. The maximum Gasteiger partial charge on any atom is 0.306 e. The second-order valence-electron chi connectivity index (χ2n) is 20.2. The van der Waals surface area contributed by atoms with Gasteiger partial charge >= 0.3 is 17.9 Å². The third kappa shape index (κ3) is 57.6. The molecule has 1 atom stereocenters. The van der Waals surface area contributed by atoms with Gasteiger partial charge in [0.2, 0.25) is 0 Å². The highest BCUT2D eigenvalue weighted by atomic mass is 16.6. The average Bonchev–Trinajstić information content (AvgIpc) is 3.37. The van der Waals surface area contributed by atoms with E-state index in [1.54, 1.807) is 0 Å². The van der Waals surface area contributed by atoms with Crippen molar-refractivity contribution in [3.8, 4) is 0 Å². The van der Waals surface area contributed by atoms with Crippen LogP contribution in [0, 0.1) is 0 Å². The summed E-state index contributed by atoms with van der Waals surface area (Å²) in [4.78, 5) is 38.2. The number of hydrogen-bond donors (Lipinski definition) is 0. The van der Waals surface area contributed by atoms with E-state index in [-0.39, 0.29) is 37.5 Å². The fourth-order valence-electron chi connectivity index (χ4n) is 8.54. The lowest BCUT2D eigenvalue weighted by Gasteiger charge is -2.18. The SMILES string of the molecule is CCCCC/C=C\C/C=C\CCCCCCCCCCCC(=O)O[C@H](COC(=O)CCC/C=C\C/C=C\C/C=C\CCCCCCCC)COC(=O)CCCCCCCCC/C=C\CCCCCCCC. The van der Waals surface area contributed by atoms with Crippen LogP contribution in [0.4, 0.5) is 0 Å². The van der Waals surface area contributed by atoms with Crippen molar-refractivity contribution in [2.24, 2.45) is 0 Å². The first-order valence-corrected chi connectivity index (χ1v) is 30.4. The van der Waals surface area contributed by atoms with E-state index >= 15 is 0 Å². The number of hydrogen-bond acceptors (Lipinski definition) is 6. The fourth-order valence-corrected chi connectivity index (χ4v) is 8.54. The standard InChI is InChI=1S/C65H114O6/c1-4-7-10-13-16-19-22-25-28-31-32-35-38-41-44-47-50-53-56-59-65(68)71-62(60-69-63(66)57-54-51-48-45-42-39-36-33-29-26-23-20-17-14-11-8-5-2)61-70-64(67)58-55-52-49-46-43-40-37-34-30-27-24-21-18-15-12-9-6-3/h16,19,25-30,36,39,45,48,62H,4-15,17-18,20-24,31-35,37-38,40-44,46-47,49-61H2,1-3H3/b19-16-,28-25-,29-26-,30-27-,39-36-,48-45-/t62-/m1/s1. The zero-order valence-electron chi connectivity index (χ0n) is 47.0. The fraction of sp³-hybridized carbons (Fsp3) is 0.769. The maximum absolute atomic E-state index is 12.9. The molecule has 0 aliphatic heterocycles. The highest BCUT2D eigenvalue weighted by Gasteiger charge is 2.19. The van der Waals surface area contributed by atoms with Crippen molar-refractivity contribution in [1.82, 2.24) is 0 Å². The van der Waals surface area contributed by atoms with Gasteiger partial charge in [0.15, 0.2) is 6.10 Å². The van der Waals surface area contributed by atoms with E-state index in [1.807, 2.05) is 0 Å². The van der Waals surface area contributed by atoms with E-state index in [4.69, 9.17) is 14.2 Å². The lowest BCUT2D eigenvalue weighted by Crippen LogP contribution is -2.30. The lowest BCUT2D eigenvalue weighted by atomic mass is 10.1. The smallest absolute Gasteiger partial charge is 0.306 e. The molecule has 0 saturated heterocycles. The van der Waals surface area contributed by atoms with Crippen LogP contribution >= 0.6 is 0 Å². The molecule has 0 heterocycles. The van der Waals surface area contributed by atoms with Crippen molar-refractivity contribution in [3.05, 3.63) is 72.9 Å². The summed E-state index contributed by atoms with van der Waals surface area (Å²) in [6, 6.07) is 0. The van der Waals surface area contributed by atoms with Gasteiger partial charge in [0.25, 0.3) is 0 Å². The molecule has 0 aromatic carbocycles. The molecule has 6 heteroatoms. The number of carbonyl (C=O) groups excluding carboxylic acids is 3. The van der Waals surface area contributed by atoms with Gasteiger partial charge in [0.1, 0.15) is 13.2 Å². The van der Waals surface area contributed by atoms with E-state index in [0.29, 0.717) is 19.3 Å². The van der Waals surface area contributed by atoms with E-state index < -0.39 is 6.10 Å². The molecule has 0 aliphatic rings. The molecule has 0 unspecified atom stereocenters. The zero-order chi connectivity index (χ0) is 51.4. The molecule has 0 spiro atoms. The second kappa shape index (κ2) is 59.4. The second-order valence-corrected chi connectivity index (χ2v) is 20.2. The summed E-state index contributed by atoms with van der Waals surface area (Å²) in [5.41, 5.74) is 0. The third-order valence-corrected chi connectivity index (χ3v) is 13.2. The summed E-state index contributed by atoms with van der Waals surface area (Å²) in [6.45, 7) is 6.58. The van der Waals surface area contributed by atoms with Crippen molar-refractivity contribution in [2.45, 2.75) is 309 Å². The van der Waals surface area contributed by atoms with Crippen LogP contribution in [0.2, 0.25) is 0 Å². The number of carbonyl (C=O) groups is 3. The minimum Gasteiger partial charge on any atom is -0.462 e. The molecule has 0 aromatic heterocycles. The first-order chi connectivity index (χ1) is 35.0. The van der Waals surface area contributed by atoms with Gasteiger partial charge in [0.05, 0.1) is 0 Å². The number of esters is 3. The summed E-state index contributed by atoms with van der Waals surface area (Å²) in [5, 5.41) is 0. The normalized spacial score (nSPS) is 12.5. The summed E-state index contributed by atoms with van der Waals surface area (Å²) < 4.78 is 16.9. The predicted molar refractivity (Wildman–Crippen MR) is 307 cm³/mol. The largest absolute Gasteiger partial charge is 0.462 e. The van der Waals surface area contributed by atoms with Crippen LogP contribution < -0.4 is 0 Å². The van der Waals surface area contributed by atoms with E-state index in [9.17, 15) is 14.4 Å². The minimum absolute atomic E-state index is 0.0940. The van der Waals surface area contributed by atoms with Crippen LogP contribution in [0.5, 0.6) is 0 Å². The van der Waals surface area contributed by atoms with Gasteiger partial charge in [-0.15, -0.1) is 0 Å². The van der Waals surface area contributed by atoms with Crippen LogP contribution in [-0.4, -0.2) is 37.2 Å². The van der Waals surface area contributed by atoms with Crippen molar-refractivity contribution >= 4 is 17.9 Å². The van der Waals surface area contributed by atoms with Crippen LogP contribution in [0.25, 0.3) is 0 Å². The van der Waals surface area contributed by atoms with Gasteiger partial charge in [-0.2, -0.15) is 0 Å². The Kier molecular flexibility index (Phi) is 56.8. The topological polar surface area (TPSA) is 78.9 Å². The molecule has 0 N–H and O–H groups in total. The Morgan fingerprint density at radius 1 is 0.282 bits per heavy atom. The molecular formula is C65H114O6. The molecule has 6 nitrogen and oxygen atoms in total. The Morgan fingerprint density at radius 2 is 0.521 bits per heavy atom. The first kappa shape index (κ1) is 67.8. The molecule has 0 aliphatic carbocycles. The third-order valence-electron chi connectivity index (χ3n) is 13.2. The molecular weight excluding hydrogens is 877 g/mol. The van der Waals surface area contributed by atoms with Gasteiger partial charge in [-0.3, -0.25) is 14.4 Å². The Balaban J connectivity index is 4.45. The zero-order valence-corrected chi connectivity index (χ0v) is 47.0. The molecule has 0 aromatic rings. The monoisotopic (exact) mass is 991 g/mol. The van der Waals surface area contributed by atoms with Gasteiger partial charge in [0, 0.05) is 19.3 Å². The maximum atomic E-state index is 12.9. The minimum atomic E-state index is -0.800. The number of allylic oxidation sites excluding steroid dienone is 12. The first-order valence-electron chi connectivity index (χ1n) is 30.4. The molecule has 0 rings (SSSR count). The molecule has 0 radical (unpaired) electrons. The van der Waals surface area contributed by atoms with Crippen LogP contribution in [0.15, 0.2) is 72.9 Å². The average molecular weight is 992 g/mol. The van der Waals surface area contributed by atoms with E-state index in [2.05, 4.69) is 93.7 Å². The molecule has 71 heavy (non-hydrogen) atoms. The number of rotatable bonds is 55. The van der Waals surface area contributed by atoms with Crippen molar-refractivity contribution in [2.75, 3.05) is 13.2 Å². The summed E-state index contributed by atoms with van der Waals surface area (Å²) in [7, 11) is 0. The summed E-state index contributed by atoms with van der Waals surface area (Å²) in [6.07, 6.45) is 76.1. The van der Waals surface area contributed by atoms with Crippen molar-refractivity contribution in [3.63, 3.8) is 0 Å². The highest BCUT2D eigenvalue weighted by Crippen LogP contribution is 2.15. The Bertz CT molecular complexity index is 1320. The van der Waals surface area contributed by atoms with E-state index in [0.717, 1.165) is 64.2 Å². The van der Waals surface area contributed by atoms with Gasteiger partial charge in [-0.1, -0.05) is 248 Å². The Morgan fingerprint density at radius 3 is 0.887 bits per heavy atom. The summed E-state index contributed by atoms with van der Waals surface area (Å²) >= 11 is 0. The van der Waals surface area contributed by atoms with Gasteiger partial charge in [-0.25, -0.2) is 0 Å². The van der Waals surface area contributed by atoms with Crippen LogP contribution in [0.1, 0.15) is 303 Å². The molecule has 0 fully saturated rings. The highest BCUT2D eigenvalue weighted by molar-refractivity contribution is 5.71. The van der Waals surface area contributed by atoms with Crippen LogP contribution in [-0.2, 0) is 28.6 Å². The molecule has 0 saturated carbocycles.